The Labute approximate surface area is 112 Å². The van der Waals surface area contributed by atoms with Gasteiger partial charge in [0, 0.05) is 0 Å². The number of carbonyl (C=O) groups is 1. The molecule has 0 spiro atoms. The van der Waals surface area contributed by atoms with Gasteiger partial charge in [-0.15, -0.1) is 6.58 Å². The molecule has 0 N–H and O–H groups in total. The van der Waals surface area contributed by atoms with Crippen LogP contribution in [-0.4, -0.2) is 19.2 Å². The van der Waals surface area contributed by atoms with Crippen LogP contribution in [0.1, 0.15) is 20.3 Å². The van der Waals surface area contributed by atoms with Gasteiger partial charge in [-0.3, -0.25) is 0 Å². The van der Waals surface area contributed by atoms with E-state index in [0.29, 0.717) is 0 Å². The molecule has 0 aromatic carbocycles. The molecule has 5 heteroatoms. The summed E-state index contributed by atoms with van der Waals surface area (Å²) >= 11 is 0. The molecule has 0 aromatic heterocycles. The van der Waals surface area contributed by atoms with Gasteiger partial charge in [-0.1, -0.05) is 13.0 Å². The van der Waals surface area contributed by atoms with Crippen LogP contribution in [0.3, 0.4) is 0 Å². The van der Waals surface area contributed by atoms with Crippen LogP contribution in [0.4, 0.5) is 0 Å². The zero-order valence-electron chi connectivity index (χ0n) is 9.54. The van der Waals surface area contributed by atoms with Crippen LogP contribution in [0.5, 0.6) is 0 Å². The number of allylic oxidation sites excluding steroid dienone is 1. The van der Waals surface area contributed by atoms with Crippen molar-refractivity contribution in [2.24, 2.45) is 0 Å². The summed E-state index contributed by atoms with van der Waals surface area (Å²) in [5.74, 6) is -1.27. The summed E-state index contributed by atoms with van der Waals surface area (Å²) in [6.45, 7) is 7.27. The molecule has 0 bridgehead atoms. The maximum Gasteiger partial charge on any atom is 1.00 e. The van der Waals surface area contributed by atoms with Crippen molar-refractivity contribution in [2.45, 2.75) is 20.3 Å². The van der Waals surface area contributed by atoms with Crippen LogP contribution in [-0.2, 0) is 14.3 Å². The van der Waals surface area contributed by atoms with E-state index < -0.39 is 11.9 Å². The Morgan fingerprint density at radius 2 is 1.87 bits per heavy atom. The summed E-state index contributed by atoms with van der Waals surface area (Å²) in [5.41, 5.74) is -0.0105. The molecule has 0 aromatic rings. The van der Waals surface area contributed by atoms with Crippen LogP contribution >= 0.6 is 0 Å². The van der Waals surface area contributed by atoms with E-state index in [9.17, 15) is 9.90 Å². The Kier molecular flexibility index (Phi) is 11.4. The van der Waals surface area contributed by atoms with Gasteiger partial charge >= 0.3 is 35.5 Å². The number of hydrogen-bond donors (Lipinski definition) is 0. The molecular formula is C10H15NaO4. The predicted molar refractivity (Wildman–Crippen MR) is 50.1 cm³/mol. The third-order valence-electron chi connectivity index (χ3n) is 1.39. The molecule has 0 saturated heterocycles. The van der Waals surface area contributed by atoms with Gasteiger partial charge in [0.2, 0.25) is 0 Å². The number of esters is 1. The van der Waals surface area contributed by atoms with Crippen LogP contribution < -0.4 is 34.7 Å². The molecule has 0 aliphatic heterocycles. The van der Waals surface area contributed by atoms with Gasteiger partial charge in [0.15, 0.2) is 0 Å². The van der Waals surface area contributed by atoms with Crippen molar-refractivity contribution in [3.63, 3.8) is 0 Å². The zero-order chi connectivity index (χ0) is 11.0. The molecule has 0 amide bonds. The Morgan fingerprint density at radius 1 is 1.33 bits per heavy atom. The minimum Gasteiger partial charge on any atom is -0.613 e. The Morgan fingerprint density at radius 3 is 2.27 bits per heavy atom. The molecule has 0 rings (SSSR count). The normalized spacial score (nSPS) is 10.8. The number of carbonyl (C=O) groups excluding carboxylic acids is 1. The number of hydrogen-bond acceptors (Lipinski definition) is 4. The van der Waals surface area contributed by atoms with E-state index in [4.69, 9.17) is 9.47 Å². The van der Waals surface area contributed by atoms with Gasteiger partial charge in [-0.2, -0.15) is 0 Å². The van der Waals surface area contributed by atoms with Crippen LogP contribution in [0.25, 0.3) is 0 Å². The van der Waals surface area contributed by atoms with Crippen molar-refractivity contribution in [1.82, 2.24) is 0 Å². The summed E-state index contributed by atoms with van der Waals surface area (Å²) in [4.78, 5) is 11.2. The molecular weight excluding hydrogens is 207 g/mol. The van der Waals surface area contributed by atoms with Crippen molar-refractivity contribution in [3.8, 4) is 0 Å². The first-order valence-electron chi connectivity index (χ1n) is 4.48. The van der Waals surface area contributed by atoms with Gasteiger partial charge in [-0.25, -0.2) is 4.79 Å². The fourth-order valence-electron chi connectivity index (χ4n) is 0.831. The molecule has 0 atom stereocenters. The molecule has 0 radical (unpaired) electrons. The molecule has 0 aliphatic rings. The van der Waals surface area contributed by atoms with Crippen molar-refractivity contribution in [3.05, 3.63) is 24.2 Å². The number of ether oxygens (including phenoxy) is 2. The monoisotopic (exact) mass is 222 g/mol. The minimum absolute atomic E-state index is 0. The van der Waals surface area contributed by atoms with E-state index in [1.54, 1.807) is 13.8 Å². The van der Waals surface area contributed by atoms with Crippen molar-refractivity contribution in [1.29, 1.82) is 0 Å². The van der Waals surface area contributed by atoms with E-state index in [2.05, 4.69) is 6.58 Å². The first-order valence-corrected chi connectivity index (χ1v) is 4.48. The quantitative estimate of drug-likeness (QED) is 0.167. The fraction of sp³-hybridized carbons (Fsp3) is 0.500. The standard InChI is InChI=1S/C10H16O4.Na/c1-4-7-8(9(11)13-5-2)10(12)14-6-3;/h4,11H,1,5-7H2,2-3H3;/q;+1/p-1. The molecule has 80 valence electrons. The van der Waals surface area contributed by atoms with Gasteiger partial charge in [0.1, 0.15) is 0 Å². The van der Waals surface area contributed by atoms with Crippen LogP contribution in [0.2, 0.25) is 0 Å². The third-order valence-corrected chi connectivity index (χ3v) is 1.39. The number of rotatable bonds is 6. The van der Waals surface area contributed by atoms with Gasteiger partial charge < -0.3 is 14.6 Å². The summed E-state index contributed by atoms with van der Waals surface area (Å²) in [6, 6.07) is 0. The van der Waals surface area contributed by atoms with Crippen molar-refractivity contribution < 1.29 is 48.9 Å². The minimum atomic E-state index is -0.633. The van der Waals surface area contributed by atoms with E-state index in [-0.39, 0.29) is 54.8 Å². The summed E-state index contributed by atoms with van der Waals surface area (Å²) in [7, 11) is 0. The molecule has 0 aliphatic carbocycles. The van der Waals surface area contributed by atoms with Gasteiger partial charge in [0.25, 0.3) is 0 Å². The molecule has 0 heterocycles. The molecule has 4 nitrogen and oxygen atoms in total. The first kappa shape index (κ1) is 17.0. The molecule has 0 saturated carbocycles. The van der Waals surface area contributed by atoms with Crippen molar-refractivity contribution >= 4 is 5.97 Å². The van der Waals surface area contributed by atoms with Crippen LogP contribution in [0, 0.1) is 0 Å². The fourth-order valence-corrected chi connectivity index (χ4v) is 0.831. The Balaban J connectivity index is 0. The second-order valence-corrected chi connectivity index (χ2v) is 2.41. The average Bonchev–Trinajstić information content (AvgIpc) is 2.14. The molecule has 15 heavy (non-hydrogen) atoms. The summed E-state index contributed by atoms with van der Waals surface area (Å²) < 4.78 is 9.40. The van der Waals surface area contributed by atoms with E-state index in [1.165, 1.54) is 6.08 Å². The van der Waals surface area contributed by atoms with Crippen molar-refractivity contribution in [2.75, 3.05) is 13.2 Å². The predicted octanol–water partition coefficient (Wildman–Crippen LogP) is -2.26. The maximum absolute atomic E-state index is 11.2. The second kappa shape index (κ2) is 10.1. The third kappa shape index (κ3) is 6.60. The summed E-state index contributed by atoms with van der Waals surface area (Å²) in [6.07, 6.45) is 1.63. The SMILES string of the molecule is C=CCC(C(=O)OCC)=C([O-])OCC.[Na+]. The smallest absolute Gasteiger partial charge is 0.613 e. The molecule has 0 fully saturated rings. The Hall–Kier alpha value is -0.450. The van der Waals surface area contributed by atoms with Crippen LogP contribution in [0.15, 0.2) is 24.2 Å². The summed E-state index contributed by atoms with van der Waals surface area (Å²) in [5, 5.41) is 11.2. The van der Waals surface area contributed by atoms with Gasteiger partial charge in [0.05, 0.1) is 18.1 Å². The Bertz CT molecular complexity index is 236. The molecule has 0 unspecified atom stereocenters. The zero-order valence-corrected chi connectivity index (χ0v) is 11.5. The van der Waals surface area contributed by atoms with Gasteiger partial charge in [-0.05, 0) is 20.0 Å². The second-order valence-electron chi connectivity index (χ2n) is 2.41. The largest absolute Gasteiger partial charge is 1.00 e. The van der Waals surface area contributed by atoms with E-state index in [1.807, 2.05) is 0 Å². The van der Waals surface area contributed by atoms with E-state index >= 15 is 0 Å². The maximum atomic E-state index is 11.2. The van der Waals surface area contributed by atoms with E-state index in [0.717, 1.165) is 0 Å². The first-order chi connectivity index (χ1) is 6.67. The topological polar surface area (TPSA) is 58.6 Å². The average molecular weight is 222 g/mol.